The van der Waals surface area contributed by atoms with Crippen molar-refractivity contribution in [3.63, 3.8) is 0 Å². The summed E-state index contributed by atoms with van der Waals surface area (Å²) in [6.07, 6.45) is 2.71. The van der Waals surface area contributed by atoms with Crippen LogP contribution in [0.5, 0.6) is 0 Å². The SMILES string of the molecule is Cc1ncccc1C(=O)N1CC(CN)CC1C. The predicted octanol–water partition coefficient (Wildman–Crippen LogP) is 1.20. The number of pyridine rings is 1. The standard InChI is InChI=1S/C13H19N3O/c1-9-6-11(7-14)8-16(9)13(17)12-4-3-5-15-10(12)2/h3-5,9,11H,6-8,14H2,1-2H3. The number of hydrogen-bond donors (Lipinski definition) is 1. The Bertz CT molecular complexity index is 419. The Morgan fingerprint density at radius 1 is 1.65 bits per heavy atom. The number of hydrogen-bond acceptors (Lipinski definition) is 3. The van der Waals surface area contributed by atoms with Crippen molar-refractivity contribution >= 4 is 5.91 Å². The molecule has 1 fully saturated rings. The van der Waals surface area contributed by atoms with Gasteiger partial charge in [-0.05, 0) is 44.9 Å². The van der Waals surface area contributed by atoms with Gasteiger partial charge in [0.2, 0.25) is 0 Å². The van der Waals surface area contributed by atoms with E-state index in [1.165, 1.54) is 0 Å². The van der Waals surface area contributed by atoms with Gasteiger partial charge in [-0.2, -0.15) is 0 Å². The van der Waals surface area contributed by atoms with Gasteiger partial charge in [0.1, 0.15) is 0 Å². The Labute approximate surface area is 102 Å². The molecule has 0 aliphatic carbocycles. The molecule has 0 bridgehead atoms. The van der Waals surface area contributed by atoms with E-state index in [1.54, 1.807) is 12.3 Å². The highest BCUT2D eigenvalue weighted by atomic mass is 16.2. The van der Waals surface area contributed by atoms with Crippen LogP contribution in [0.4, 0.5) is 0 Å². The molecule has 2 rings (SSSR count). The first kappa shape index (κ1) is 12.0. The Balaban J connectivity index is 2.19. The van der Waals surface area contributed by atoms with Gasteiger partial charge in [-0.1, -0.05) is 0 Å². The van der Waals surface area contributed by atoms with Gasteiger partial charge in [-0.25, -0.2) is 0 Å². The van der Waals surface area contributed by atoms with Gasteiger partial charge in [0.25, 0.3) is 5.91 Å². The second kappa shape index (κ2) is 4.84. The minimum Gasteiger partial charge on any atom is -0.336 e. The van der Waals surface area contributed by atoms with Gasteiger partial charge >= 0.3 is 0 Å². The van der Waals surface area contributed by atoms with E-state index in [9.17, 15) is 4.79 Å². The zero-order valence-corrected chi connectivity index (χ0v) is 10.4. The Morgan fingerprint density at radius 3 is 3.00 bits per heavy atom. The number of nitrogens with two attached hydrogens (primary N) is 1. The molecule has 1 amide bonds. The molecule has 0 aromatic carbocycles. The zero-order valence-electron chi connectivity index (χ0n) is 10.4. The fourth-order valence-electron chi connectivity index (χ4n) is 2.46. The normalized spacial score (nSPS) is 24.1. The monoisotopic (exact) mass is 233 g/mol. The molecule has 0 saturated carbocycles. The Morgan fingerprint density at radius 2 is 2.41 bits per heavy atom. The fourth-order valence-corrected chi connectivity index (χ4v) is 2.46. The summed E-state index contributed by atoms with van der Waals surface area (Å²) in [4.78, 5) is 18.5. The summed E-state index contributed by atoms with van der Waals surface area (Å²) in [5.41, 5.74) is 7.17. The highest BCUT2D eigenvalue weighted by molar-refractivity contribution is 5.95. The van der Waals surface area contributed by atoms with Gasteiger partial charge in [0.05, 0.1) is 5.56 Å². The molecule has 1 aromatic heterocycles. The molecule has 2 unspecified atom stereocenters. The number of aryl methyl sites for hydroxylation is 1. The van der Waals surface area contributed by atoms with Crippen molar-refractivity contribution in [1.82, 2.24) is 9.88 Å². The second-order valence-electron chi connectivity index (χ2n) is 4.78. The van der Waals surface area contributed by atoms with Gasteiger partial charge in [0, 0.05) is 24.5 Å². The Hall–Kier alpha value is -1.42. The lowest BCUT2D eigenvalue weighted by Crippen LogP contribution is -2.35. The van der Waals surface area contributed by atoms with Gasteiger partial charge in [0.15, 0.2) is 0 Å². The summed E-state index contributed by atoms with van der Waals surface area (Å²) in [5.74, 6) is 0.518. The molecule has 2 heterocycles. The third-order valence-corrected chi connectivity index (χ3v) is 3.49. The number of nitrogens with zero attached hydrogens (tertiary/aromatic N) is 2. The summed E-state index contributed by atoms with van der Waals surface area (Å²) in [6, 6.07) is 3.92. The average molecular weight is 233 g/mol. The predicted molar refractivity (Wildman–Crippen MR) is 66.6 cm³/mol. The smallest absolute Gasteiger partial charge is 0.255 e. The summed E-state index contributed by atoms with van der Waals surface area (Å²) in [5, 5.41) is 0. The number of aromatic nitrogens is 1. The number of carbonyl (C=O) groups is 1. The first-order chi connectivity index (χ1) is 8.13. The molecule has 2 N–H and O–H groups in total. The molecule has 1 aliphatic heterocycles. The van der Waals surface area contributed by atoms with E-state index in [-0.39, 0.29) is 11.9 Å². The van der Waals surface area contributed by atoms with E-state index in [2.05, 4.69) is 11.9 Å². The lowest BCUT2D eigenvalue weighted by atomic mass is 10.1. The first-order valence-electron chi connectivity index (χ1n) is 6.06. The molecule has 0 spiro atoms. The minimum atomic E-state index is 0.0825. The summed E-state index contributed by atoms with van der Waals surface area (Å²) in [6.45, 7) is 5.37. The third-order valence-electron chi connectivity index (χ3n) is 3.49. The average Bonchev–Trinajstić information content (AvgIpc) is 2.70. The number of rotatable bonds is 2. The van der Waals surface area contributed by atoms with Crippen molar-refractivity contribution in [1.29, 1.82) is 0 Å². The molecular formula is C13H19N3O. The molecule has 0 radical (unpaired) electrons. The van der Waals surface area contributed by atoms with E-state index < -0.39 is 0 Å². The molecule has 4 heteroatoms. The van der Waals surface area contributed by atoms with Crippen molar-refractivity contribution < 1.29 is 4.79 Å². The van der Waals surface area contributed by atoms with Crippen molar-refractivity contribution in [2.24, 2.45) is 11.7 Å². The lowest BCUT2D eigenvalue weighted by Gasteiger charge is -2.22. The van der Waals surface area contributed by atoms with E-state index in [4.69, 9.17) is 5.73 Å². The van der Waals surface area contributed by atoms with E-state index >= 15 is 0 Å². The van der Waals surface area contributed by atoms with Gasteiger partial charge < -0.3 is 10.6 Å². The largest absolute Gasteiger partial charge is 0.336 e. The van der Waals surface area contributed by atoms with Crippen LogP contribution in [0.15, 0.2) is 18.3 Å². The summed E-state index contributed by atoms with van der Waals surface area (Å²) < 4.78 is 0. The van der Waals surface area contributed by atoms with Crippen molar-refractivity contribution in [3.05, 3.63) is 29.6 Å². The van der Waals surface area contributed by atoms with Crippen LogP contribution < -0.4 is 5.73 Å². The van der Waals surface area contributed by atoms with Gasteiger partial charge in [-0.15, -0.1) is 0 Å². The van der Waals surface area contributed by atoms with Crippen LogP contribution in [0.3, 0.4) is 0 Å². The van der Waals surface area contributed by atoms with Crippen LogP contribution in [0.1, 0.15) is 29.4 Å². The highest BCUT2D eigenvalue weighted by Crippen LogP contribution is 2.24. The lowest BCUT2D eigenvalue weighted by molar-refractivity contribution is 0.0742. The molecule has 1 saturated heterocycles. The molecule has 17 heavy (non-hydrogen) atoms. The topological polar surface area (TPSA) is 59.2 Å². The Kier molecular flexibility index (Phi) is 3.43. The number of likely N-dealkylation sites (tertiary alicyclic amines) is 1. The molecular weight excluding hydrogens is 214 g/mol. The van der Waals surface area contributed by atoms with E-state index in [0.29, 0.717) is 18.0 Å². The van der Waals surface area contributed by atoms with Crippen LogP contribution in [0.25, 0.3) is 0 Å². The van der Waals surface area contributed by atoms with E-state index in [1.807, 2.05) is 17.9 Å². The van der Waals surface area contributed by atoms with E-state index in [0.717, 1.165) is 18.7 Å². The van der Waals surface area contributed by atoms with Crippen LogP contribution >= 0.6 is 0 Å². The second-order valence-corrected chi connectivity index (χ2v) is 4.78. The number of carbonyl (C=O) groups excluding carboxylic acids is 1. The molecule has 4 nitrogen and oxygen atoms in total. The zero-order chi connectivity index (χ0) is 12.4. The minimum absolute atomic E-state index is 0.0825. The number of amides is 1. The van der Waals surface area contributed by atoms with Crippen molar-refractivity contribution in [2.45, 2.75) is 26.3 Å². The molecule has 2 atom stereocenters. The quantitative estimate of drug-likeness (QED) is 0.835. The third kappa shape index (κ3) is 2.31. The highest BCUT2D eigenvalue weighted by Gasteiger charge is 2.32. The first-order valence-corrected chi connectivity index (χ1v) is 6.06. The molecule has 1 aliphatic rings. The molecule has 92 valence electrons. The summed E-state index contributed by atoms with van der Waals surface area (Å²) in [7, 11) is 0. The fraction of sp³-hybridized carbons (Fsp3) is 0.538. The van der Waals surface area contributed by atoms with Crippen LogP contribution in [-0.2, 0) is 0 Å². The maximum Gasteiger partial charge on any atom is 0.255 e. The van der Waals surface area contributed by atoms with Crippen molar-refractivity contribution in [3.8, 4) is 0 Å². The van der Waals surface area contributed by atoms with Crippen LogP contribution in [-0.4, -0.2) is 34.9 Å². The van der Waals surface area contributed by atoms with Gasteiger partial charge in [-0.3, -0.25) is 9.78 Å². The van der Waals surface area contributed by atoms with Crippen molar-refractivity contribution in [2.75, 3.05) is 13.1 Å². The van der Waals surface area contributed by atoms with Crippen LogP contribution in [0, 0.1) is 12.8 Å². The maximum atomic E-state index is 12.4. The molecule has 1 aromatic rings. The van der Waals surface area contributed by atoms with Crippen LogP contribution in [0.2, 0.25) is 0 Å². The summed E-state index contributed by atoms with van der Waals surface area (Å²) >= 11 is 0. The maximum absolute atomic E-state index is 12.4.